The number of piperidine rings is 1. The Labute approximate surface area is 177 Å². The summed E-state index contributed by atoms with van der Waals surface area (Å²) in [6.45, 7) is 3.24. The second-order valence-electron chi connectivity index (χ2n) is 8.36. The Morgan fingerprint density at radius 1 is 1.07 bits per heavy atom. The Bertz CT molecular complexity index is 1050. The van der Waals surface area contributed by atoms with Crippen LogP contribution >= 0.6 is 0 Å². The van der Waals surface area contributed by atoms with Crippen molar-refractivity contribution in [3.8, 4) is 6.07 Å². The number of likely N-dealkylation sites (tertiary alicyclic amines) is 1. The van der Waals surface area contributed by atoms with Crippen molar-refractivity contribution in [2.45, 2.75) is 24.7 Å². The lowest BCUT2D eigenvalue weighted by Gasteiger charge is -2.41. The largest absolute Gasteiger partial charge is 0.380 e. The predicted molar refractivity (Wildman–Crippen MR) is 118 cm³/mol. The Kier molecular flexibility index (Phi) is 6.13. The molecule has 0 radical (unpaired) electrons. The first-order chi connectivity index (χ1) is 14.6. The van der Waals surface area contributed by atoms with Gasteiger partial charge in [-0.2, -0.15) is 5.26 Å². The summed E-state index contributed by atoms with van der Waals surface area (Å²) in [5, 5.41) is 11.6. The van der Waals surface area contributed by atoms with Crippen molar-refractivity contribution >= 4 is 10.8 Å². The molecule has 0 spiro atoms. The van der Waals surface area contributed by atoms with Crippen LogP contribution in [0.2, 0.25) is 0 Å². The van der Waals surface area contributed by atoms with Gasteiger partial charge in [0.2, 0.25) is 0 Å². The molecule has 0 aromatic heterocycles. The number of hydrogen-bond donors (Lipinski definition) is 0. The molecule has 0 atom stereocenters. The van der Waals surface area contributed by atoms with Crippen LogP contribution < -0.4 is 0 Å². The molecular weight excluding hydrogens is 375 g/mol. The predicted octanol–water partition coefficient (Wildman–Crippen LogP) is 5.07. The number of nitrogens with zero attached hydrogens (tertiary/aromatic N) is 2. The van der Waals surface area contributed by atoms with E-state index in [1.807, 2.05) is 42.5 Å². The molecular formula is C26H27FN2O. The first-order valence-electron chi connectivity index (χ1n) is 10.5. The second-order valence-corrected chi connectivity index (χ2v) is 8.36. The van der Waals surface area contributed by atoms with Crippen LogP contribution in [0.1, 0.15) is 29.5 Å². The van der Waals surface area contributed by atoms with E-state index in [9.17, 15) is 9.65 Å². The molecule has 30 heavy (non-hydrogen) atoms. The molecule has 1 aliphatic rings. The van der Waals surface area contributed by atoms with Gasteiger partial charge in [0.25, 0.3) is 0 Å². The van der Waals surface area contributed by atoms with Crippen LogP contribution in [-0.2, 0) is 16.6 Å². The van der Waals surface area contributed by atoms with E-state index in [0.29, 0.717) is 18.8 Å². The molecule has 4 rings (SSSR count). The molecule has 1 fully saturated rings. The van der Waals surface area contributed by atoms with Gasteiger partial charge >= 0.3 is 0 Å². The van der Waals surface area contributed by atoms with Crippen molar-refractivity contribution in [1.82, 2.24) is 4.90 Å². The molecule has 3 aromatic rings. The van der Waals surface area contributed by atoms with Gasteiger partial charge in [0.1, 0.15) is 5.82 Å². The Hall–Kier alpha value is -2.74. The zero-order chi connectivity index (χ0) is 21.0. The minimum Gasteiger partial charge on any atom is -0.380 e. The van der Waals surface area contributed by atoms with Gasteiger partial charge in [0.05, 0.1) is 24.8 Å². The fraction of sp³-hybridized carbons (Fsp3) is 0.346. The molecule has 0 aliphatic carbocycles. The standard InChI is InChI=1S/C26H27FN2O/c1-29-13-11-26(12-14-29,23-6-8-24(27)9-7-23)19-30-15-10-22-17-20(18-28)16-21-4-2-3-5-25(21)22/h2-9,16-17H,10-15,19H2,1H3. The van der Waals surface area contributed by atoms with Gasteiger partial charge in [0.15, 0.2) is 0 Å². The average Bonchev–Trinajstić information content (AvgIpc) is 2.78. The minimum absolute atomic E-state index is 0.0726. The third-order valence-electron chi connectivity index (χ3n) is 6.37. The van der Waals surface area contributed by atoms with Gasteiger partial charge in [-0.1, -0.05) is 36.4 Å². The monoisotopic (exact) mass is 402 g/mol. The highest BCUT2D eigenvalue weighted by atomic mass is 19.1. The van der Waals surface area contributed by atoms with Crippen molar-refractivity contribution in [3.05, 3.63) is 83.2 Å². The lowest BCUT2D eigenvalue weighted by Crippen LogP contribution is -2.44. The number of benzene rings is 3. The normalized spacial score (nSPS) is 16.4. The van der Waals surface area contributed by atoms with Gasteiger partial charge in [-0.15, -0.1) is 0 Å². The third kappa shape index (κ3) is 4.38. The highest BCUT2D eigenvalue weighted by Crippen LogP contribution is 2.36. The summed E-state index contributed by atoms with van der Waals surface area (Å²) in [4.78, 5) is 2.33. The number of fused-ring (bicyclic) bond motifs is 1. The van der Waals surface area contributed by atoms with E-state index in [4.69, 9.17) is 4.74 Å². The van der Waals surface area contributed by atoms with E-state index in [2.05, 4.69) is 24.1 Å². The topological polar surface area (TPSA) is 36.3 Å². The fourth-order valence-electron chi connectivity index (χ4n) is 4.48. The molecule has 1 aliphatic heterocycles. The maximum absolute atomic E-state index is 13.5. The lowest BCUT2D eigenvalue weighted by molar-refractivity contribution is 0.0513. The van der Waals surface area contributed by atoms with Crippen LogP contribution in [0.4, 0.5) is 4.39 Å². The minimum atomic E-state index is -0.202. The SMILES string of the molecule is CN1CCC(COCCc2cc(C#N)cc3ccccc23)(c2ccc(F)cc2)CC1. The van der Waals surface area contributed by atoms with Gasteiger partial charge in [-0.05, 0) is 85.6 Å². The van der Waals surface area contributed by atoms with Crippen LogP contribution in [0.3, 0.4) is 0 Å². The van der Waals surface area contributed by atoms with Crippen LogP contribution in [0.25, 0.3) is 10.8 Å². The van der Waals surface area contributed by atoms with E-state index >= 15 is 0 Å². The Morgan fingerprint density at radius 2 is 1.80 bits per heavy atom. The molecule has 4 heteroatoms. The number of nitriles is 1. The van der Waals surface area contributed by atoms with Crippen molar-refractivity contribution < 1.29 is 9.13 Å². The summed E-state index contributed by atoms with van der Waals surface area (Å²) < 4.78 is 19.7. The van der Waals surface area contributed by atoms with Gasteiger partial charge in [-0.3, -0.25) is 0 Å². The average molecular weight is 403 g/mol. The second kappa shape index (κ2) is 8.95. The molecule has 1 heterocycles. The molecule has 0 unspecified atom stereocenters. The van der Waals surface area contributed by atoms with Crippen LogP contribution in [-0.4, -0.2) is 38.3 Å². The molecule has 0 bridgehead atoms. The summed E-state index contributed by atoms with van der Waals surface area (Å²) in [7, 11) is 2.14. The first kappa shape index (κ1) is 20.5. The quantitative estimate of drug-likeness (QED) is 0.540. The summed E-state index contributed by atoms with van der Waals surface area (Å²) in [6.07, 6.45) is 2.76. The fourth-order valence-corrected chi connectivity index (χ4v) is 4.48. The molecule has 154 valence electrons. The number of ether oxygens (including phenoxy) is 1. The summed E-state index contributed by atoms with van der Waals surface area (Å²) in [5.74, 6) is -0.202. The van der Waals surface area contributed by atoms with Crippen molar-refractivity contribution in [1.29, 1.82) is 5.26 Å². The third-order valence-corrected chi connectivity index (χ3v) is 6.37. The summed E-state index contributed by atoms with van der Waals surface area (Å²) in [5.41, 5.74) is 2.91. The van der Waals surface area contributed by atoms with E-state index < -0.39 is 0 Å². The molecule has 3 nitrogen and oxygen atoms in total. The summed E-state index contributed by atoms with van der Waals surface area (Å²) in [6, 6.07) is 21.3. The molecule has 0 saturated carbocycles. The van der Waals surface area contributed by atoms with E-state index in [-0.39, 0.29) is 11.2 Å². The zero-order valence-electron chi connectivity index (χ0n) is 17.4. The van der Waals surface area contributed by atoms with Gasteiger partial charge < -0.3 is 9.64 Å². The van der Waals surface area contributed by atoms with E-state index in [1.54, 1.807) is 12.1 Å². The maximum Gasteiger partial charge on any atom is 0.123 e. The van der Waals surface area contributed by atoms with Crippen LogP contribution in [0, 0.1) is 17.1 Å². The van der Waals surface area contributed by atoms with Crippen LogP contribution in [0.15, 0.2) is 60.7 Å². The zero-order valence-corrected chi connectivity index (χ0v) is 17.4. The van der Waals surface area contributed by atoms with Gasteiger partial charge in [0, 0.05) is 5.41 Å². The maximum atomic E-state index is 13.5. The number of rotatable bonds is 6. The molecule has 0 N–H and O–H groups in total. The Balaban J connectivity index is 1.47. The molecule has 1 saturated heterocycles. The van der Waals surface area contributed by atoms with E-state index in [0.717, 1.165) is 48.9 Å². The van der Waals surface area contributed by atoms with Crippen molar-refractivity contribution in [3.63, 3.8) is 0 Å². The smallest absolute Gasteiger partial charge is 0.123 e. The first-order valence-corrected chi connectivity index (χ1v) is 10.5. The van der Waals surface area contributed by atoms with Crippen molar-refractivity contribution in [2.24, 2.45) is 0 Å². The van der Waals surface area contributed by atoms with Gasteiger partial charge in [-0.25, -0.2) is 4.39 Å². The van der Waals surface area contributed by atoms with E-state index in [1.165, 1.54) is 5.39 Å². The molecule has 3 aromatic carbocycles. The number of hydrogen-bond acceptors (Lipinski definition) is 3. The van der Waals surface area contributed by atoms with Crippen LogP contribution in [0.5, 0.6) is 0 Å². The number of halogens is 1. The highest BCUT2D eigenvalue weighted by Gasteiger charge is 2.35. The Morgan fingerprint density at radius 3 is 2.53 bits per heavy atom. The summed E-state index contributed by atoms with van der Waals surface area (Å²) >= 11 is 0. The molecule has 0 amide bonds. The van der Waals surface area contributed by atoms with Crippen molar-refractivity contribution in [2.75, 3.05) is 33.4 Å². The lowest BCUT2D eigenvalue weighted by atomic mass is 9.73. The highest BCUT2D eigenvalue weighted by molar-refractivity contribution is 5.87.